The largest absolute Gasteiger partial charge is 0.471 e. The van der Waals surface area contributed by atoms with E-state index in [2.05, 4.69) is 51.6 Å². The summed E-state index contributed by atoms with van der Waals surface area (Å²) in [5, 5.41) is 114. The first-order valence-electron chi connectivity index (χ1n) is 38.3. The number of nitrogens with one attached hydrogen (secondary N) is 8. The molecule has 0 aromatic rings. The van der Waals surface area contributed by atoms with Crippen LogP contribution in [0.1, 0.15) is 202 Å². The first kappa shape index (κ1) is 101. The van der Waals surface area contributed by atoms with E-state index in [1.165, 1.54) is 20.8 Å². The van der Waals surface area contributed by atoms with Gasteiger partial charge in [0.1, 0.15) is 73.1 Å². The van der Waals surface area contributed by atoms with Gasteiger partial charge in [-0.15, -0.1) is 0 Å². The highest BCUT2D eigenvalue weighted by molar-refractivity contribution is 7.47. The number of carbonyl (C=O) groups is 8. The van der Waals surface area contributed by atoms with Crippen molar-refractivity contribution in [3.05, 3.63) is 0 Å². The fourth-order valence-electron chi connectivity index (χ4n) is 11.9. The third kappa shape index (κ3) is 43.3. The molecule has 8 amide bonds. The van der Waals surface area contributed by atoms with Gasteiger partial charge in [0.2, 0.25) is 47.3 Å². The lowest BCUT2D eigenvalue weighted by atomic mass is 9.82. The summed E-state index contributed by atoms with van der Waals surface area (Å²) < 4.78 is 58.9. The van der Waals surface area contributed by atoms with Crippen molar-refractivity contribution in [3.8, 4) is 0 Å². The SMILES string of the molecule is CC.COCCCNC(=O)CCCC(=O)NC(CCC(=O)NCCCCCCOC1OC(CO)C(O)C(O)C1NC(C)=O)(CCC(=O)NCCCCCCOC1OC(CO)C(O)C(O)C1NC(C)=O)CCC(=O)NCCCCCCOC1OC(CO)C(O)C(O)C1NC(C)=O.COP(=O)(O)OCCCCCCN. The molecule has 632 valence electrons. The molecule has 0 aromatic heterocycles. The molecule has 3 aliphatic rings. The van der Waals surface area contributed by atoms with Gasteiger partial charge in [-0.2, -0.15) is 0 Å². The maximum Gasteiger partial charge on any atom is 0.471 e. The summed E-state index contributed by atoms with van der Waals surface area (Å²) >= 11 is 0. The molecular weight excluding hydrogens is 1450 g/mol. The molecule has 0 bridgehead atoms. The Morgan fingerprint density at radius 1 is 0.407 bits per heavy atom. The van der Waals surface area contributed by atoms with Gasteiger partial charge in [-0.25, -0.2) is 4.57 Å². The van der Waals surface area contributed by atoms with Gasteiger partial charge >= 0.3 is 7.82 Å². The quantitative estimate of drug-likeness (QED) is 0.0249. The van der Waals surface area contributed by atoms with E-state index in [-0.39, 0.29) is 108 Å². The zero-order chi connectivity index (χ0) is 80.9. The molecule has 3 rings (SSSR count). The molecule has 0 aliphatic carbocycles. The topological polar surface area (TPSA) is 561 Å². The predicted molar refractivity (Wildman–Crippen MR) is 392 cm³/mol. The van der Waals surface area contributed by atoms with Crippen LogP contribution in [0.4, 0.5) is 0 Å². The molecule has 38 heteroatoms. The number of aliphatic hydroxyl groups is 9. The minimum absolute atomic E-state index is 0.0491. The highest BCUT2D eigenvalue weighted by atomic mass is 31.2. The van der Waals surface area contributed by atoms with Gasteiger partial charge in [-0.05, 0) is 90.0 Å². The molecule has 108 heavy (non-hydrogen) atoms. The van der Waals surface area contributed by atoms with Gasteiger partial charge < -0.3 is 132 Å². The molecule has 37 nitrogen and oxygen atoms in total. The standard InChI is InChI=1S/C61H110N8O24.C7H18NO4P.C2H6/c1-38(73)66-49-55(84)52(81)41(35-70)91-58(49)88-32-14-8-5-11-27-62-45(77)21-24-61(69-48(80)20-17-19-44(76)65-30-18-31-87-4,25-22-46(78)63-28-12-6-9-15-33-89-59-50(67-39(2)74)56(85)53(82)42(36-71)92-59)26-23-47(79)64-29-13-7-10-16-34-90-60-51(68-40(3)75)57(86)54(83)43(37-72)93-60;1-11-13(9,10)12-7-5-3-2-4-6-8;1-2/h41-43,49-60,70-72,81-86H,5-37H2,1-4H3,(H,62,77)(H,63,78)(H,64,79)(H,65,76)(H,66,73)(H,67,74)(H,68,75)(H,69,80);2-8H2,1H3,(H,9,10);1-2H3. The second-order valence-electron chi connectivity index (χ2n) is 26.8. The molecule has 0 aromatic carbocycles. The van der Waals surface area contributed by atoms with Gasteiger partial charge in [0.25, 0.3) is 0 Å². The third-order valence-corrected chi connectivity index (χ3v) is 18.9. The summed E-state index contributed by atoms with van der Waals surface area (Å²) in [6.07, 6.45) is -3.58. The number of aliphatic hydroxyl groups excluding tert-OH is 9. The number of unbranched alkanes of at least 4 members (excludes halogenated alkanes) is 12. The Labute approximate surface area is 635 Å². The summed E-state index contributed by atoms with van der Waals surface area (Å²) in [5.41, 5.74) is 4.06. The molecule has 3 fully saturated rings. The van der Waals surface area contributed by atoms with E-state index < -0.39 is 149 Å². The second-order valence-corrected chi connectivity index (χ2v) is 28.3. The lowest BCUT2D eigenvalue weighted by Crippen LogP contribution is -2.64. The summed E-state index contributed by atoms with van der Waals surface area (Å²) in [6.45, 7) is 9.21. The summed E-state index contributed by atoms with van der Waals surface area (Å²) in [4.78, 5) is 111. The average Bonchev–Trinajstić information content (AvgIpc) is 0.826. The summed E-state index contributed by atoms with van der Waals surface area (Å²) in [6, 6.07) is -3.21. The number of hydrogen-bond donors (Lipinski definition) is 19. The van der Waals surface area contributed by atoms with Crippen LogP contribution < -0.4 is 48.3 Å². The minimum atomic E-state index is -3.75. The van der Waals surface area contributed by atoms with Gasteiger partial charge in [0.15, 0.2) is 18.9 Å². The highest BCUT2D eigenvalue weighted by Crippen LogP contribution is 2.42. The smallest absolute Gasteiger partial charge is 0.394 e. The molecule has 3 aliphatic heterocycles. The van der Waals surface area contributed by atoms with Crippen LogP contribution in [-0.2, 0) is 85.1 Å². The first-order valence-corrected chi connectivity index (χ1v) is 39.7. The second kappa shape index (κ2) is 59.9. The van der Waals surface area contributed by atoms with Crippen molar-refractivity contribution in [2.24, 2.45) is 5.73 Å². The van der Waals surface area contributed by atoms with Crippen LogP contribution in [0.2, 0.25) is 0 Å². The zero-order valence-corrected chi connectivity index (χ0v) is 65.5. The lowest BCUT2D eigenvalue weighted by Gasteiger charge is -2.42. The molecule has 3 saturated heterocycles. The Hall–Kier alpha value is -4.81. The van der Waals surface area contributed by atoms with E-state index in [0.717, 1.165) is 32.8 Å². The van der Waals surface area contributed by atoms with Crippen molar-refractivity contribution in [3.63, 3.8) is 0 Å². The van der Waals surface area contributed by atoms with E-state index in [1.54, 1.807) is 7.11 Å². The Kier molecular flexibility index (Phi) is 56.1. The van der Waals surface area contributed by atoms with Gasteiger partial charge in [-0.3, -0.25) is 47.4 Å². The first-order chi connectivity index (χ1) is 51.6. The van der Waals surface area contributed by atoms with Crippen molar-refractivity contribution in [1.82, 2.24) is 42.5 Å². The van der Waals surface area contributed by atoms with Crippen molar-refractivity contribution < 1.29 is 136 Å². The maximum atomic E-state index is 13.9. The fraction of sp³-hybridized carbons (Fsp3) is 0.886. The van der Waals surface area contributed by atoms with Crippen LogP contribution in [0.3, 0.4) is 0 Å². The van der Waals surface area contributed by atoms with Gasteiger partial charge in [0.05, 0.1) is 26.4 Å². The Bertz CT molecular complexity index is 2330. The number of rotatable bonds is 56. The molecule has 16 atom stereocenters. The molecule has 0 saturated carbocycles. The number of carbonyl (C=O) groups excluding carboxylic acids is 8. The Morgan fingerprint density at radius 3 is 1.03 bits per heavy atom. The number of ether oxygens (including phenoxy) is 7. The summed E-state index contributed by atoms with van der Waals surface area (Å²) in [5.74, 6) is -3.11. The van der Waals surface area contributed by atoms with Crippen LogP contribution in [0.25, 0.3) is 0 Å². The average molecular weight is 1580 g/mol. The van der Waals surface area contributed by atoms with Crippen LogP contribution in [0, 0.1) is 0 Å². The Balaban J connectivity index is 0.00000349. The molecule has 3 heterocycles. The molecule has 0 spiro atoms. The van der Waals surface area contributed by atoms with Crippen molar-refractivity contribution in [1.29, 1.82) is 0 Å². The minimum Gasteiger partial charge on any atom is -0.394 e. The Morgan fingerprint density at radius 2 is 0.713 bits per heavy atom. The van der Waals surface area contributed by atoms with E-state index in [0.29, 0.717) is 123 Å². The van der Waals surface area contributed by atoms with E-state index in [1.807, 2.05) is 13.8 Å². The summed E-state index contributed by atoms with van der Waals surface area (Å²) in [7, 11) is -1.05. The van der Waals surface area contributed by atoms with Crippen molar-refractivity contribution in [2.75, 3.05) is 99.8 Å². The molecule has 0 radical (unpaired) electrons. The van der Waals surface area contributed by atoms with Crippen molar-refractivity contribution in [2.45, 2.75) is 299 Å². The number of nitrogens with two attached hydrogens (primary N) is 1. The number of methoxy groups -OCH3 is 1. The number of phosphoric acid groups is 1. The normalized spacial score (nSPS) is 25.0. The zero-order valence-electron chi connectivity index (χ0n) is 64.6. The lowest BCUT2D eigenvalue weighted by molar-refractivity contribution is -0.270. The number of amides is 8. The molecular formula is C70H134N9O28P. The highest BCUT2D eigenvalue weighted by Gasteiger charge is 2.48. The van der Waals surface area contributed by atoms with Gasteiger partial charge in [-0.1, -0.05) is 65.2 Å². The fourth-order valence-corrected chi connectivity index (χ4v) is 12.3. The van der Waals surface area contributed by atoms with E-state index in [9.17, 15) is 88.9 Å². The predicted octanol–water partition coefficient (Wildman–Crippen LogP) is -1.29. The maximum absolute atomic E-state index is 13.9. The van der Waals surface area contributed by atoms with Gasteiger partial charge in [0, 0.05) is 125 Å². The number of hydrogen-bond acceptors (Lipinski definition) is 28. The van der Waals surface area contributed by atoms with Crippen LogP contribution in [-0.4, -0.2) is 295 Å². The molecule has 16 unspecified atom stereocenters. The monoisotopic (exact) mass is 1580 g/mol. The third-order valence-electron chi connectivity index (χ3n) is 17.9. The van der Waals surface area contributed by atoms with Crippen molar-refractivity contribution >= 4 is 55.1 Å². The number of phosphoric ester groups is 1. The van der Waals surface area contributed by atoms with Crippen LogP contribution in [0.5, 0.6) is 0 Å². The van der Waals surface area contributed by atoms with Crippen LogP contribution >= 0.6 is 7.82 Å². The molecule has 20 N–H and O–H groups in total. The van der Waals surface area contributed by atoms with Crippen LogP contribution in [0.15, 0.2) is 0 Å². The van der Waals surface area contributed by atoms with E-state index >= 15 is 0 Å². The van der Waals surface area contributed by atoms with E-state index in [4.69, 9.17) is 43.8 Å².